The topological polar surface area (TPSA) is 120 Å². The van der Waals surface area contributed by atoms with Crippen molar-refractivity contribution in [3.05, 3.63) is 65.1 Å². The molecule has 0 spiro atoms. The Bertz CT molecular complexity index is 1070. The molecule has 0 unspecified atom stereocenters. The predicted octanol–water partition coefficient (Wildman–Crippen LogP) is 1.25. The van der Waals surface area contributed by atoms with Crippen LogP contribution in [0.3, 0.4) is 0 Å². The van der Waals surface area contributed by atoms with Crippen LogP contribution in [-0.2, 0) is 30.8 Å². The summed E-state index contributed by atoms with van der Waals surface area (Å²) >= 11 is 0. The van der Waals surface area contributed by atoms with Gasteiger partial charge in [0.15, 0.2) is 18.1 Å². The number of rotatable bonds is 10. The summed E-state index contributed by atoms with van der Waals surface area (Å²) in [5.74, 6) is 0.0311. The quantitative estimate of drug-likeness (QED) is 0.512. The number of amides is 1. The van der Waals surface area contributed by atoms with Gasteiger partial charge in [0.25, 0.3) is 5.91 Å². The molecule has 1 heterocycles. The summed E-state index contributed by atoms with van der Waals surface area (Å²) in [7, 11) is -3.82. The third-order valence-electron chi connectivity index (χ3n) is 4.36. The first-order valence-corrected chi connectivity index (χ1v) is 11.5. The third kappa shape index (κ3) is 7.71. The molecule has 2 aromatic rings. The zero-order valence-corrected chi connectivity index (χ0v) is 18.1. The molecule has 0 atom stereocenters. The van der Waals surface area contributed by atoms with E-state index in [0.29, 0.717) is 43.2 Å². The number of esters is 1. The van der Waals surface area contributed by atoms with Crippen LogP contribution in [-0.4, -0.2) is 53.2 Å². The normalized spacial score (nSPS) is 13.0. The van der Waals surface area contributed by atoms with Crippen LogP contribution in [0.4, 0.5) is 0 Å². The van der Waals surface area contributed by atoms with Gasteiger partial charge in [0.2, 0.25) is 10.0 Å². The second kappa shape index (κ2) is 11.3. The third-order valence-corrected chi connectivity index (χ3v) is 5.40. The first-order valence-electron chi connectivity index (χ1n) is 9.95. The van der Waals surface area contributed by atoms with Crippen LogP contribution < -0.4 is 19.5 Å². The summed E-state index contributed by atoms with van der Waals surface area (Å²) in [5, 5.41) is 3.60. The van der Waals surface area contributed by atoms with E-state index in [4.69, 9.17) is 14.2 Å². The van der Waals surface area contributed by atoms with Gasteiger partial charge in [-0.05, 0) is 35.8 Å². The fourth-order valence-corrected chi connectivity index (χ4v) is 3.53. The molecular formula is C22H24N2O7S. The standard InChI is InChI=1S/C22H24N2O7S/c25-21(23-10-8-18-6-7-19-20(14-18)30-12-11-29-19)16-31-22(26)15-24-32(27,28)13-9-17-4-2-1-3-5-17/h1-7,9,13-14,24H,8,10-12,15-16H2,(H,23,25)/b13-9+. The van der Waals surface area contributed by atoms with Crippen LogP contribution >= 0.6 is 0 Å². The van der Waals surface area contributed by atoms with E-state index in [2.05, 4.69) is 10.0 Å². The maximum atomic E-state index is 11.9. The fourth-order valence-electron chi connectivity index (χ4n) is 2.78. The number of ether oxygens (including phenoxy) is 3. The van der Waals surface area contributed by atoms with Crippen molar-refractivity contribution in [1.29, 1.82) is 0 Å². The van der Waals surface area contributed by atoms with Gasteiger partial charge in [-0.2, -0.15) is 0 Å². The Morgan fingerprint density at radius 2 is 1.78 bits per heavy atom. The number of carbonyl (C=O) groups is 2. The second-order valence-electron chi connectivity index (χ2n) is 6.82. The van der Waals surface area contributed by atoms with Crippen LogP contribution in [0.5, 0.6) is 11.5 Å². The molecular weight excluding hydrogens is 436 g/mol. The number of benzene rings is 2. The van der Waals surface area contributed by atoms with Crippen molar-refractivity contribution >= 4 is 28.0 Å². The van der Waals surface area contributed by atoms with Crippen molar-refractivity contribution < 1.29 is 32.2 Å². The molecule has 0 saturated carbocycles. The molecule has 1 amide bonds. The molecule has 0 saturated heterocycles. The summed E-state index contributed by atoms with van der Waals surface area (Å²) < 4.78 is 41.7. The van der Waals surface area contributed by atoms with Crippen molar-refractivity contribution in [2.24, 2.45) is 0 Å². The number of carbonyl (C=O) groups excluding carboxylic acids is 2. The molecule has 0 aliphatic carbocycles. The largest absolute Gasteiger partial charge is 0.486 e. The lowest BCUT2D eigenvalue weighted by atomic mass is 10.1. The van der Waals surface area contributed by atoms with E-state index < -0.39 is 35.1 Å². The van der Waals surface area contributed by atoms with Crippen LogP contribution in [0.1, 0.15) is 11.1 Å². The molecule has 32 heavy (non-hydrogen) atoms. The molecule has 10 heteroatoms. The van der Waals surface area contributed by atoms with Crippen molar-refractivity contribution in [3.8, 4) is 11.5 Å². The van der Waals surface area contributed by atoms with Crippen LogP contribution in [0, 0.1) is 0 Å². The SMILES string of the molecule is O=C(COC(=O)CNS(=O)(=O)/C=C/c1ccccc1)NCCc1ccc2c(c1)OCCO2. The molecule has 9 nitrogen and oxygen atoms in total. The molecule has 2 N–H and O–H groups in total. The molecule has 0 bridgehead atoms. The van der Waals surface area contributed by atoms with Gasteiger partial charge in [-0.1, -0.05) is 36.4 Å². The number of hydrogen-bond acceptors (Lipinski definition) is 7. The molecule has 2 aromatic carbocycles. The highest BCUT2D eigenvalue weighted by Gasteiger charge is 2.13. The van der Waals surface area contributed by atoms with Gasteiger partial charge in [0.05, 0.1) is 0 Å². The van der Waals surface area contributed by atoms with Crippen molar-refractivity contribution in [2.45, 2.75) is 6.42 Å². The molecule has 3 rings (SSSR count). The molecule has 1 aliphatic rings. The van der Waals surface area contributed by atoms with Gasteiger partial charge in [-0.3, -0.25) is 9.59 Å². The maximum Gasteiger partial charge on any atom is 0.321 e. The Hall–Kier alpha value is -3.37. The highest BCUT2D eigenvalue weighted by molar-refractivity contribution is 7.92. The van der Waals surface area contributed by atoms with E-state index in [1.165, 1.54) is 6.08 Å². The van der Waals surface area contributed by atoms with E-state index in [9.17, 15) is 18.0 Å². The van der Waals surface area contributed by atoms with Gasteiger partial charge in [-0.25, -0.2) is 13.1 Å². The lowest BCUT2D eigenvalue weighted by Gasteiger charge is -2.18. The Kier molecular flexibility index (Phi) is 8.23. The number of sulfonamides is 1. The number of fused-ring (bicyclic) bond motifs is 1. The average molecular weight is 461 g/mol. The first kappa shape index (κ1) is 23.3. The zero-order chi connectivity index (χ0) is 22.8. The van der Waals surface area contributed by atoms with E-state index in [1.807, 2.05) is 24.3 Å². The molecule has 0 aromatic heterocycles. The van der Waals surface area contributed by atoms with E-state index in [-0.39, 0.29) is 0 Å². The molecule has 1 aliphatic heterocycles. The van der Waals surface area contributed by atoms with Crippen LogP contribution in [0.25, 0.3) is 6.08 Å². The number of nitrogens with one attached hydrogen (secondary N) is 2. The summed E-state index contributed by atoms with van der Waals surface area (Å²) in [6.07, 6.45) is 1.96. The second-order valence-corrected chi connectivity index (χ2v) is 8.47. The minimum absolute atomic E-state index is 0.340. The smallest absolute Gasteiger partial charge is 0.321 e. The van der Waals surface area contributed by atoms with E-state index >= 15 is 0 Å². The summed E-state index contributed by atoms with van der Waals surface area (Å²) in [6.45, 7) is 0.283. The minimum atomic E-state index is -3.82. The maximum absolute atomic E-state index is 11.9. The zero-order valence-electron chi connectivity index (χ0n) is 17.3. The first-order chi connectivity index (χ1) is 15.4. The van der Waals surface area contributed by atoms with E-state index in [0.717, 1.165) is 11.0 Å². The predicted molar refractivity (Wildman–Crippen MR) is 118 cm³/mol. The Morgan fingerprint density at radius 1 is 1.03 bits per heavy atom. The lowest BCUT2D eigenvalue weighted by molar-refractivity contribution is -0.147. The highest BCUT2D eigenvalue weighted by Crippen LogP contribution is 2.30. The lowest BCUT2D eigenvalue weighted by Crippen LogP contribution is -2.34. The van der Waals surface area contributed by atoms with Crippen molar-refractivity contribution in [3.63, 3.8) is 0 Å². The van der Waals surface area contributed by atoms with Crippen LogP contribution in [0.15, 0.2) is 53.9 Å². The Morgan fingerprint density at radius 3 is 2.56 bits per heavy atom. The van der Waals surface area contributed by atoms with Gasteiger partial charge >= 0.3 is 5.97 Å². The fraction of sp³-hybridized carbons (Fsp3) is 0.273. The Balaban J connectivity index is 1.33. The van der Waals surface area contributed by atoms with Crippen LogP contribution in [0.2, 0.25) is 0 Å². The Labute approximate surface area is 186 Å². The van der Waals surface area contributed by atoms with Gasteiger partial charge < -0.3 is 19.5 Å². The molecule has 0 radical (unpaired) electrons. The van der Waals surface area contributed by atoms with Gasteiger partial charge in [0, 0.05) is 12.0 Å². The van der Waals surface area contributed by atoms with Gasteiger partial charge in [0.1, 0.15) is 19.8 Å². The minimum Gasteiger partial charge on any atom is -0.486 e. The van der Waals surface area contributed by atoms with E-state index in [1.54, 1.807) is 24.3 Å². The average Bonchev–Trinajstić information content (AvgIpc) is 2.81. The summed E-state index contributed by atoms with van der Waals surface area (Å²) in [6, 6.07) is 14.4. The highest BCUT2D eigenvalue weighted by atomic mass is 32.2. The molecule has 170 valence electrons. The monoisotopic (exact) mass is 460 g/mol. The summed E-state index contributed by atoms with van der Waals surface area (Å²) in [4.78, 5) is 23.6. The molecule has 0 fully saturated rings. The van der Waals surface area contributed by atoms with Gasteiger partial charge in [-0.15, -0.1) is 0 Å². The van der Waals surface area contributed by atoms with Crippen molar-refractivity contribution in [1.82, 2.24) is 10.0 Å². The van der Waals surface area contributed by atoms with Crippen molar-refractivity contribution in [2.75, 3.05) is 32.9 Å². The number of hydrogen-bond donors (Lipinski definition) is 2. The summed E-state index contributed by atoms with van der Waals surface area (Å²) in [5.41, 5.74) is 1.66.